The molecule has 2 amide bonds. The van der Waals surface area contributed by atoms with E-state index in [9.17, 15) is 9.59 Å². The van der Waals surface area contributed by atoms with Gasteiger partial charge in [-0.05, 0) is 32.4 Å². The van der Waals surface area contributed by atoms with E-state index in [1.807, 2.05) is 43.5 Å². The molecule has 0 saturated carbocycles. The van der Waals surface area contributed by atoms with Crippen molar-refractivity contribution in [1.82, 2.24) is 14.8 Å². The van der Waals surface area contributed by atoms with Crippen LogP contribution in [-0.4, -0.2) is 32.3 Å². The lowest BCUT2D eigenvalue weighted by molar-refractivity contribution is -0.116. The van der Waals surface area contributed by atoms with E-state index in [0.717, 1.165) is 16.8 Å². The fraction of sp³-hybridized carbons (Fsp3) is 0.375. The third kappa shape index (κ3) is 4.58. The third-order valence-electron chi connectivity index (χ3n) is 3.43. The molecular weight excluding hydrogens is 326 g/mol. The summed E-state index contributed by atoms with van der Waals surface area (Å²) < 4.78 is 1.81. The summed E-state index contributed by atoms with van der Waals surface area (Å²) >= 11 is 1.22. The molecule has 2 aromatic rings. The molecular formula is C16H21N5O2S. The fourth-order valence-corrected chi connectivity index (χ4v) is 3.06. The first-order chi connectivity index (χ1) is 11.4. The van der Waals surface area contributed by atoms with Crippen LogP contribution in [0.25, 0.3) is 0 Å². The predicted molar refractivity (Wildman–Crippen MR) is 93.9 cm³/mol. The molecule has 0 aliphatic rings. The second-order valence-corrected chi connectivity index (χ2v) is 6.38. The number of nitrogens with zero attached hydrogens (tertiary/aromatic N) is 3. The van der Waals surface area contributed by atoms with Crippen molar-refractivity contribution in [2.75, 3.05) is 11.1 Å². The molecule has 0 saturated heterocycles. The Kier molecular flexibility index (Phi) is 5.97. The molecule has 0 bridgehead atoms. The smallest absolute Gasteiger partial charge is 0.232 e. The third-order valence-corrected chi connectivity index (χ3v) is 4.42. The van der Waals surface area contributed by atoms with Crippen LogP contribution in [0.15, 0.2) is 23.4 Å². The van der Waals surface area contributed by atoms with Gasteiger partial charge in [-0.3, -0.25) is 9.59 Å². The zero-order valence-electron chi connectivity index (χ0n) is 14.0. The second-order valence-electron chi connectivity index (χ2n) is 5.44. The molecule has 24 heavy (non-hydrogen) atoms. The number of aryl methyl sites for hydroxylation is 2. The minimum absolute atomic E-state index is 0.116. The number of rotatable bonds is 7. The fourth-order valence-electron chi connectivity index (χ4n) is 2.30. The lowest BCUT2D eigenvalue weighted by Crippen LogP contribution is -2.18. The van der Waals surface area contributed by atoms with Crippen molar-refractivity contribution in [3.8, 4) is 0 Å². The number of aromatic nitrogens is 3. The number of hydrogen-bond donors (Lipinski definition) is 2. The summed E-state index contributed by atoms with van der Waals surface area (Å²) in [4.78, 5) is 23.2. The molecule has 0 atom stereocenters. The topological polar surface area (TPSA) is 103 Å². The van der Waals surface area contributed by atoms with Crippen molar-refractivity contribution in [2.45, 2.75) is 38.9 Å². The van der Waals surface area contributed by atoms with E-state index in [2.05, 4.69) is 15.5 Å². The van der Waals surface area contributed by atoms with E-state index >= 15 is 0 Å². The Morgan fingerprint density at radius 1 is 1.29 bits per heavy atom. The number of benzene rings is 1. The van der Waals surface area contributed by atoms with Gasteiger partial charge < -0.3 is 15.6 Å². The Labute approximate surface area is 145 Å². The summed E-state index contributed by atoms with van der Waals surface area (Å²) in [5.74, 6) is 0.120. The van der Waals surface area contributed by atoms with Gasteiger partial charge in [0.1, 0.15) is 5.82 Å². The number of primary amides is 1. The normalized spacial score (nSPS) is 10.6. The van der Waals surface area contributed by atoms with Gasteiger partial charge in [0.15, 0.2) is 5.16 Å². The quantitative estimate of drug-likeness (QED) is 0.742. The zero-order valence-corrected chi connectivity index (χ0v) is 14.8. The number of carbonyl (C=O) groups is 2. The van der Waals surface area contributed by atoms with Gasteiger partial charge in [0, 0.05) is 12.2 Å². The molecule has 0 spiro atoms. The van der Waals surface area contributed by atoms with Crippen LogP contribution in [-0.2, 0) is 22.6 Å². The Bertz CT molecular complexity index is 757. The van der Waals surface area contributed by atoms with Crippen molar-refractivity contribution < 1.29 is 9.59 Å². The monoisotopic (exact) mass is 347 g/mol. The van der Waals surface area contributed by atoms with Crippen LogP contribution >= 0.6 is 11.8 Å². The predicted octanol–water partition coefficient (Wildman–Crippen LogP) is 1.67. The summed E-state index contributed by atoms with van der Waals surface area (Å²) in [6.45, 7) is 6.51. The standard InChI is InChI=1S/C16H21N5O2S/c1-4-21-14(19-20-16(21)24-9-13(17)22)8-15(23)18-12-6-5-10(2)7-11(12)3/h5-7H,4,8-9H2,1-3H3,(H2,17,22)(H,18,23). The highest BCUT2D eigenvalue weighted by molar-refractivity contribution is 7.99. The number of anilines is 1. The van der Waals surface area contributed by atoms with Crippen LogP contribution in [0.5, 0.6) is 0 Å². The van der Waals surface area contributed by atoms with Gasteiger partial charge in [-0.2, -0.15) is 0 Å². The maximum Gasteiger partial charge on any atom is 0.232 e. The van der Waals surface area contributed by atoms with Crippen LogP contribution in [0.1, 0.15) is 23.9 Å². The zero-order chi connectivity index (χ0) is 17.7. The van der Waals surface area contributed by atoms with Gasteiger partial charge in [-0.25, -0.2) is 0 Å². The lowest BCUT2D eigenvalue weighted by Gasteiger charge is -2.10. The maximum atomic E-state index is 12.3. The number of carbonyl (C=O) groups excluding carboxylic acids is 2. The molecule has 2 rings (SSSR count). The van der Waals surface area contributed by atoms with E-state index < -0.39 is 5.91 Å². The molecule has 1 aromatic carbocycles. The Balaban J connectivity index is 2.07. The van der Waals surface area contributed by atoms with E-state index in [1.165, 1.54) is 11.8 Å². The summed E-state index contributed by atoms with van der Waals surface area (Å²) in [5, 5.41) is 11.6. The van der Waals surface area contributed by atoms with Gasteiger partial charge in [0.25, 0.3) is 0 Å². The first-order valence-electron chi connectivity index (χ1n) is 7.61. The molecule has 128 valence electrons. The summed E-state index contributed by atoms with van der Waals surface area (Å²) in [7, 11) is 0. The highest BCUT2D eigenvalue weighted by Crippen LogP contribution is 2.18. The summed E-state index contributed by atoms with van der Waals surface area (Å²) in [5.41, 5.74) is 8.09. The van der Waals surface area contributed by atoms with Crippen molar-refractivity contribution in [3.05, 3.63) is 35.2 Å². The van der Waals surface area contributed by atoms with Gasteiger partial charge in [0.05, 0.1) is 12.2 Å². The number of amides is 2. The molecule has 1 heterocycles. The summed E-state index contributed by atoms with van der Waals surface area (Å²) in [6.07, 6.45) is 0.116. The summed E-state index contributed by atoms with van der Waals surface area (Å²) in [6, 6.07) is 5.86. The molecule has 0 radical (unpaired) electrons. The highest BCUT2D eigenvalue weighted by atomic mass is 32.2. The van der Waals surface area contributed by atoms with Crippen LogP contribution in [0, 0.1) is 13.8 Å². The Hall–Kier alpha value is -2.35. The van der Waals surface area contributed by atoms with Crippen molar-refractivity contribution in [3.63, 3.8) is 0 Å². The van der Waals surface area contributed by atoms with Crippen molar-refractivity contribution >= 4 is 29.3 Å². The molecule has 0 aliphatic heterocycles. The molecule has 7 nitrogen and oxygen atoms in total. The van der Waals surface area contributed by atoms with Crippen LogP contribution in [0.2, 0.25) is 0 Å². The molecule has 3 N–H and O–H groups in total. The average molecular weight is 347 g/mol. The number of hydrogen-bond acceptors (Lipinski definition) is 5. The van der Waals surface area contributed by atoms with E-state index in [-0.39, 0.29) is 18.1 Å². The largest absolute Gasteiger partial charge is 0.369 e. The number of thioether (sulfide) groups is 1. The second kappa shape index (κ2) is 7.96. The van der Waals surface area contributed by atoms with Gasteiger partial charge >= 0.3 is 0 Å². The van der Waals surface area contributed by atoms with Gasteiger partial charge in [-0.1, -0.05) is 29.5 Å². The molecule has 8 heteroatoms. The molecule has 0 aliphatic carbocycles. The first-order valence-corrected chi connectivity index (χ1v) is 8.59. The van der Waals surface area contributed by atoms with Crippen LogP contribution < -0.4 is 11.1 Å². The van der Waals surface area contributed by atoms with Crippen molar-refractivity contribution in [2.24, 2.45) is 5.73 Å². The molecule has 0 fully saturated rings. The highest BCUT2D eigenvalue weighted by Gasteiger charge is 2.15. The first kappa shape index (κ1) is 18.0. The Morgan fingerprint density at radius 3 is 2.67 bits per heavy atom. The maximum absolute atomic E-state index is 12.3. The lowest BCUT2D eigenvalue weighted by atomic mass is 10.1. The van der Waals surface area contributed by atoms with Crippen molar-refractivity contribution in [1.29, 1.82) is 0 Å². The van der Waals surface area contributed by atoms with Gasteiger partial charge in [0.2, 0.25) is 11.8 Å². The SMILES string of the molecule is CCn1c(CC(=O)Nc2ccc(C)cc2C)nnc1SCC(N)=O. The molecule has 0 unspecified atom stereocenters. The Morgan fingerprint density at radius 2 is 2.04 bits per heavy atom. The number of nitrogens with two attached hydrogens (primary N) is 1. The molecule has 1 aromatic heterocycles. The van der Waals surface area contributed by atoms with E-state index in [4.69, 9.17) is 5.73 Å². The van der Waals surface area contributed by atoms with Crippen LogP contribution in [0.4, 0.5) is 5.69 Å². The minimum atomic E-state index is -0.417. The van der Waals surface area contributed by atoms with Crippen LogP contribution in [0.3, 0.4) is 0 Å². The average Bonchev–Trinajstić information content (AvgIpc) is 2.89. The minimum Gasteiger partial charge on any atom is -0.369 e. The van der Waals surface area contributed by atoms with E-state index in [0.29, 0.717) is 17.5 Å². The van der Waals surface area contributed by atoms with E-state index in [1.54, 1.807) is 0 Å². The van der Waals surface area contributed by atoms with Gasteiger partial charge in [-0.15, -0.1) is 10.2 Å². The number of nitrogens with one attached hydrogen (secondary N) is 1.